The van der Waals surface area contributed by atoms with Gasteiger partial charge in [-0.25, -0.2) is 0 Å². The van der Waals surface area contributed by atoms with E-state index in [4.69, 9.17) is 4.74 Å². The molecule has 0 aromatic heterocycles. The van der Waals surface area contributed by atoms with Crippen molar-refractivity contribution in [3.05, 3.63) is 35.3 Å². The van der Waals surface area contributed by atoms with Crippen LogP contribution in [0.1, 0.15) is 13.3 Å². The molecule has 2 aliphatic rings. The van der Waals surface area contributed by atoms with Crippen LogP contribution < -0.4 is 5.32 Å². The van der Waals surface area contributed by atoms with Gasteiger partial charge < -0.3 is 10.1 Å². The van der Waals surface area contributed by atoms with Crippen LogP contribution in [0.15, 0.2) is 35.3 Å². The van der Waals surface area contributed by atoms with E-state index < -0.39 is 0 Å². The molecule has 0 aromatic carbocycles. The molecule has 0 radical (unpaired) electrons. The van der Waals surface area contributed by atoms with E-state index in [1.165, 1.54) is 5.57 Å². The quantitative estimate of drug-likeness (QED) is 0.587. The monoisotopic (exact) mass is 163 g/mol. The summed E-state index contributed by atoms with van der Waals surface area (Å²) in [7, 11) is 0. The minimum absolute atomic E-state index is 0.774. The number of ether oxygens (including phenoxy) is 1. The van der Waals surface area contributed by atoms with Crippen LogP contribution in [0.3, 0.4) is 0 Å². The zero-order chi connectivity index (χ0) is 8.39. The van der Waals surface area contributed by atoms with Gasteiger partial charge in [-0.2, -0.15) is 0 Å². The molecule has 0 saturated carbocycles. The van der Waals surface area contributed by atoms with Gasteiger partial charge in [-0.15, -0.1) is 0 Å². The summed E-state index contributed by atoms with van der Waals surface area (Å²) in [6.07, 6.45) is 7.36. The highest BCUT2D eigenvalue weighted by molar-refractivity contribution is 5.34. The van der Waals surface area contributed by atoms with E-state index in [0.717, 1.165) is 31.0 Å². The fourth-order valence-corrected chi connectivity index (χ4v) is 1.37. The van der Waals surface area contributed by atoms with Crippen molar-refractivity contribution in [2.75, 3.05) is 13.2 Å². The van der Waals surface area contributed by atoms with E-state index in [1.54, 1.807) is 0 Å². The first-order valence-electron chi connectivity index (χ1n) is 4.31. The summed E-state index contributed by atoms with van der Waals surface area (Å²) in [5, 5.41) is 3.32. The highest BCUT2D eigenvalue weighted by Crippen LogP contribution is 2.18. The molecule has 1 heterocycles. The van der Waals surface area contributed by atoms with E-state index >= 15 is 0 Å². The molecule has 2 rings (SSSR count). The van der Waals surface area contributed by atoms with Gasteiger partial charge in [-0.3, -0.25) is 0 Å². The molecular weight excluding hydrogens is 150 g/mol. The van der Waals surface area contributed by atoms with Crippen LogP contribution in [-0.4, -0.2) is 13.2 Å². The second-order valence-electron chi connectivity index (χ2n) is 3.14. The number of hydrogen-bond donors (Lipinski definition) is 1. The third kappa shape index (κ3) is 1.37. The predicted octanol–water partition coefficient (Wildman–Crippen LogP) is 1.72. The Hall–Kier alpha value is -1.18. The maximum atomic E-state index is 5.50. The van der Waals surface area contributed by atoms with Crippen LogP contribution in [-0.2, 0) is 4.74 Å². The number of nitrogens with one attached hydrogen (secondary N) is 1. The van der Waals surface area contributed by atoms with Gasteiger partial charge in [-0.1, -0.05) is 17.7 Å². The van der Waals surface area contributed by atoms with Gasteiger partial charge >= 0.3 is 0 Å². The van der Waals surface area contributed by atoms with Crippen molar-refractivity contribution in [2.45, 2.75) is 13.3 Å². The molecule has 1 N–H and O–H groups in total. The van der Waals surface area contributed by atoms with E-state index in [-0.39, 0.29) is 0 Å². The van der Waals surface area contributed by atoms with Gasteiger partial charge in [-0.05, 0) is 19.4 Å². The van der Waals surface area contributed by atoms with E-state index in [2.05, 4.69) is 24.4 Å². The summed E-state index contributed by atoms with van der Waals surface area (Å²) < 4.78 is 5.50. The highest BCUT2D eigenvalue weighted by atomic mass is 16.5. The molecular formula is C10H13NO. The summed E-state index contributed by atoms with van der Waals surface area (Å²) in [5.74, 6) is 0.984. The highest BCUT2D eigenvalue weighted by Gasteiger charge is 2.12. The van der Waals surface area contributed by atoms with Crippen molar-refractivity contribution in [3.8, 4) is 0 Å². The Morgan fingerprint density at radius 2 is 2.33 bits per heavy atom. The van der Waals surface area contributed by atoms with Crippen molar-refractivity contribution < 1.29 is 4.74 Å². The second-order valence-corrected chi connectivity index (χ2v) is 3.14. The molecule has 1 saturated heterocycles. The first-order chi connectivity index (χ1) is 5.86. The van der Waals surface area contributed by atoms with Crippen molar-refractivity contribution in [1.29, 1.82) is 0 Å². The zero-order valence-electron chi connectivity index (χ0n) is 7.26. The predicted molar refractivity (Wildman–Crippen MR) is 48.5 cm³/mol. The van der Waals surface area contributed by atoms with Gasteiger partial charge in [0.25, 0.3) is 0 Å². The Labute approximate surface area is 72.6 Å². The van der Waals surface area contributed by atoms with Gasteiger partial charge in [0.1, 0.15) is 12.4 Å². The first kappa shape index (κ1) is 7.47. The van der Waals surface area contributed by atoms with Crippen LogP contribution in [0.2, 0.25) is 0 Å². The third-order valence-corrected chi connectivity index (χ3v) is 2.09. The number of allylic oxidation sites excluding steroid dienone is 4. The Bertz CT molecular complexity index is 274. The SMILES string of the molecule is CC1=CC=C2OCCNC2=CC1. The summed E-state index contributed by atoms with van der Waals surface area (Å²) in [5.41, 5.74) is 2.52. The maximum absolute atomic E-state index is 5.50. The normalized spacial score (nSPS) is 21.9. The average Bonchev–Trinajstić information content (AvgIpc) is 2.29. The molecule has 1 aliphatic heterocycles. The van der Waals surface area contributed by atoms with E-state index in [0.29, 0.717) is 0 Å². The van der Waals surface area contributed by atoms with Crippen LogP contribution in [0.25, 0.3) is 0 Å². The lowest BCUT2D eigenvalue weighted by atomic mass is 10.2. The topological polar surface area (TPSA) is 21.3 Å². The molecule has 0 aromatic rings. The Kier molecular flexibility index (Phi) is 1.90. The third-order valence-electron chi connectivity index (χ3n) is 2.09. The van der Waals surface area contributed by atoms with Crippen LogP contribution in [0.4, 0.5) is 0 Å². The average molecular weight is 163 g/mol. The molecule has 2 nitrogen and oxygen atoms in total. The number of fused-ring (bicyclic) bond motifs is 1. The molecule has 1 fully saturated rings. The van der Waals surface area contributed by atoms with Gasteiger partial charge in [0.05, 0.1) is 5.70 Å². The van der Waals surface area contributed by atoms with Crippen LogP contribution >= 0.6 is 0 Å². The largest absolute Gasteiger partial charge is 0.490 e. The minimum Gasteiger partial charge on any atom is -0.490 e. The minimum atomic E-state index is 0.774. The molecule has 0 unspecified atom stereocenters. The summed E-state index contributed by atoms with van der Waals surface area (Å²) in [6, 6.07) is 0. The molecule has 2 heteroatoms. The molecule has 1 aliphatic carbocycles. The maximum Gasteiger partial charge on any atom is 0.142 e. The molecule has 0 spiro atoms. The Balaban J connectivity index is 2.27. The molecule has 12 heavy (non-hydrogen) atoms. The van der Waals surface area contributed by atoms with Crippen LogP contribution in [0.5, 0.6) is 0 Å². The lowest BCUT2D eigenvalue weighted by Gasteiger charge is -2.20. The number of hydrogen-bond acceptors (Lipinski definition) is 2. The fraction of sp³-hybridized carbons (Fsp3) is 0.400. The molecule has 0 bridgehead atoms. The Morgan fingerprint density at radius 1 is 1.42 bits per heavy atom. The van der Waals surface area contributed by atoms with Gasteiger partial charge in [0, 0.05) is 6.54 Å². The van der Waals surface area contributed by atoms with Gasteiger partial charge in [0.2, 0.25) is 0 Å². The lowest BCUT2D eigenvalue weighted by molar-refractivity contribution is 0.197. The number of morpholine rings is 1. The fourth-order valence-electron chi connectivity index (χ4n) is 1.37. The standard InChI is InChI=1S/C10H13NO/c1-8-2-4-9-10(5-3-8)12-7-6-11-9/h3-5,11H,2,6-7H2,1H3. The molecule has 64 valence electrons. The number of rotatable bonds is 0. The smallest absolute Gasteiger partial charge is 0.142 e. The van der Waals surface area contributed by atoms with Crippen molar-refractivity contribution in [1.82, 2.24) is 5.32 Å². The van der Waals surface area contributed by atoms with Crippen LogP contribution in [0, 0.1) is 0 Å². The molecule has 0 amide bonds. The van der Waals surface area contributed by atoms with E-state index in [1.807, 2.05) is 6.08 Å². The molecule has 0 atom stereocenters. The summed E-state index contributed by atoms with van der Waals surface area (Å²) in [4.78, 5) is 0. The Morgan fingerprint density at radius 3 is 3.25 bits per heavy atom. The lowest BCUT2D eigenvalue weighted by Crippen LogP contribution is -2.27. The van der Waals surface area contributed by atoms with Gasteiger partial charge in [0.15, 0.2) is 0 Å². The van der Waals surface area contributed by atoms with E-state index in [9.17, 15) is 0 Å². The zero-order valence-corrected chi connectivity index (χ0v) is 7.26. The summed E-state index contributed by atoms with van der Waals surface area (Å²) >= 11 is 0. The first-order valence-corrected chi connectivity index (χ1v) is 4.31. The van der Waals surface area contributed by atoms with Crippen molar-refractivity contribution >= 4 is 0 Å². The second kappa shape index (κ2) is 3.05. The summed E-state index contributed by atoms with van der Waals surface area (Å²) in [6.45, 7) is 3.82. The van der Waals surface area contributed by atoms with Crippen molar-refractivity contribution in [3.63, 3.8) is 0 Å². The van der Waals surface area contributed by atoms with Crippen molar-refractivity contribution in [2.24, 2.45) is 0 Å².